The van der Waals surface area contributed by atoms with Crippen LogP contribution < -0.4 is 5.32 Å². The lowest BCUT2D eigenvalue weighted by atomic mass is 10.2. The molecule has 0 radical (unpaired) electrons. The Labute approximate surface area is 165 Å². The Bertz CT molecular complexity index is 656. The Morgan fingerprint density at radius 2 is 1.82 bits per heavy atom. The number of carbonyl (C=O) groups is 3. The molecule has 1 fully saturated rings. The van der Waals surface area contributed by atoms with Crippen LogP contribution in [-0.2, 0) is 19.1 Å². The number of benzene rings is 1. The molecule has 0 aromatic heterocycles. The number of anilines is 1. The van der Waals surface area contributed by atoms with Gasteiger partial charge in [0, 0.05) is 51.8 Å². The Morgan fingerprint density at radius 3 is 2.43 bits per heavy atom. The van der Waals surface area contributed by atoms with Crippen LogP contribution in [0.2, 0.25) is 0 Å². The predicted octanol–water partition coefficient (Wildman–Crippen LogP) is 1.37. The molecule has 1 aliphatic rings. The van der Waals surface area contributed by atoms with Gasteiger partial charge in [0.2, 0.25) is 11.8 Å². The molecule has 2 rings (SSSR count). The van der Waals surface area contributed by atoms with Crippen molar-refractivity contribution in [1.29, 1.82) is 0 Å². The minimum Gasteiger partial charge on any atom is -0.462 e. The van der Waals surface area contributed by atoms with E-state index in [4.69, 9.17) is 9.47 Å². The molecule has 8 nitrogen and oxygen atoms in total. The first kappa shape index (κ1) is 21.8. The van der Waals surface area contributed by atoms with Crippen LogP contribution in [-0.4, -0.2) is 80.1 Å². The lowest BCUT2D eigenvalue weighted by molar-refractivity contribution is -0.129. The van der Waals surface area contributed by atoms with Crippen LogP contribution in [0.3, 0.4) is 0 Å². The topological polar surface area (TPSA) is 88.2 Å². The summed E-state index contributed by atoms with van der Waals surface area (Å²) in [6.07, 6.45) is 0.211. The summed E-state index contributed by atoms with van der Waals surface area (Å²) in [6.45, 7) is 8.50. The predicted molar refractivity (Wildman–Crippen MR) is 105 cm³/mol. The van der Waals surface area contributed by atoms with E-state index in [-0.39, 0.29) is 18.2 Å². The zero-order chi connectivity index (χ0) is 20.4. The minimum absolute atomic E-state index is 0.0418. The van der Waals surface area contributed by atoms with Crippen LogP contribution in [0.4, 0.5) is 5.69 Å². The fourth-order valence-electron chi connectivity index (χ4n) is 2.88. The molecule has 0 bridgehead atoms. The molecule has 2 amide bonds. The van der Waals surface area contributed by atoms with Gasteiger partial charge in [-0.1, -0.05) is 0 Å². The standard InChI is InChI=1S/C20H29N3O5/c1-3-28-20(26)17-4-6-18(7-5-17)21-19(25)8-9-23(16(2)24)11-10-22-12-14-27-15-13-22/h4-7H,3,8-15H2,1-2H3,(H,21,25). The number of morpholine rings is 1. The van der Waals surface area contributed by atoms with Crippen LogP contribution in [0.25, 0.3) is 0 Å². The smallest absolute Gasteiger partial charge is 0.338 e. The Morgan fingerprint density at radius 1 is 1.14 bits per heavy atom. The van der Waals surface area contributed by atoms with Gasteiger partial charge in [-0.15, -0.1) is 0 Å². The normalized spacial score (nSPS) is 14.4. The quantitative estimate of drug-likeness (QED) is 0.640. The summed E-state index contributed by atoms with van der Waals surface area (Å²) in [5, 5.41) is 2.78. The maximum atomic E-state index is 12.2. The molecule has 28 heavy (non-hydrogen) atoms. The number of nitrogens with one attached hydrogen (secondary N) is 1. The van der Waals surface area contributed by atoms with Gasteiger partial charge in [-0.2, -0.15) is 0 Å². The second-order valence-corrected chi connectivity index (χ2v) is 6.56. The minimum atomic E-state index is -0.391. The second kappa shape index (κ2) is 11.4. The molecule has 1 aromatic rings. The highest BCUT2D eigenvalue weighted by Crippen LogP contribution is 2.11. The largest absolute Gasteiger partial charge is 0.462 e. The average molecular weight is 391 g/mol. The summed E-state index contributed by atoms with van der Waals surface area (Å²) in [4.78, 5) is 39.6. The highest BCUT2D eigenvalue weighted by Gasteiger charge is 2.15. The fraction of sp³-hybridized carbons (Fsp3) is 0.550. The van der Waals surface area contributed by atoms with E-state index in [2.05, 4.69) is 10.2 Å². The summed E-state index contributed by atoms with van der Waals surface area (Å²) in [5.74, 6) is -0.612. The van der Waals surface area contributed by atoms with Crippen LogP contribution in [0.1, 0.15) is 30.6 Å². The molecule has 1 aliphatic heterocycles. The van der Waals surface area contributed by atoms with Gasteiger partial charge < -0.3 is 19.7 Å². The van der Waals surface area contributed by atoms with E-state index in [1.807, 2.05) is 0 Å². The van der Waals surface area contributed by atoms with Crippen molar-refractivity contribution in [3.05, 3.63) is 29.8 Å². The van der Waals surface area contributed by atoms with Gasteiger partial charge in [0.1, 0.15) is 0 Å². The Kier molecular flexibility index (Phi) is 8.90. The van der Waals surface area contributed by atoms with Crippen molar-refractivity contribution in [2.45, 2.75) is 20.3 Å². The van der Waals surface area contributed by atoms with E-state index in [1.54, 1.807) is 36.1 Å². The first-order valence-corrected chi connectivity index (χ1v) is 9.62. The van der Waals surface area contributed by atoms with Crippen molar-refractivity contribution in [1.82, 2.24) is 9.80 Å². The van der Waals surface area contributed by atoms with Crippen molar-refractivity contribution >= 4 is 23.5 Å². The van der Waals surface area contributed by atoms with Gasteiger partial charge >= 0.3 is 5.97 Å². The molecule has 0 saturated carbocycles. The lowest BCUT2D eigenvalue weighted by Crippen LogP contribution is -2.43. The third kappa shape index (κ3) is 7.28. The molecular formula is C20H29N3O5. The number of hydrogen-bond acceptors (Lipinski definition) is 6. The highest BCUT2D eigenvalue weighted by atomic mass is 16.5. The van der Waals surface area contributed by atoms with Crippen molar-refractivity contribution in [3.63, 3.8) is 0 Å². The molecule has 8 heteroatoms. The van der Waals surface area contributed by atoms with Crippen molar-refractivity contribution in [2.75, 3.05) is 57.9 Å². The van der Waals surface area contributed by atoms with Crippen LogP contribution in [0, 0.1) is 0 Å². The molecule has 0 aliphatic carbocycles. The van der Waals surface area contributed by atoms with E-state index in [0.29, 0.717) is 30.9 Å². The monoisotopic (exact) mass is 391 g/mol. The number of rotatable bonds is 9. The molecule has 0 unspecified atom stereocenters. The van der Waals surface area contributed by atoms with Crippen LogP contribution in [0.5, 0.6) is 0 Å². The highest BCUT2D eigenvalue weighted by molar-refractivity contribution is 5.93. The third-order valence-corrected chi connectivity index (χ3v) is 4.52. The van der Waals surface area contributed by atoms with Crippen LogP contribution >= 0.6 is 0 Å². The molecular weight excluding hydrogens is 362 g/mol. The maximum Gasteiger partial charge on any atom is 0.338 e. The van der Waals surface area contributed by atoms with Gasteiger partial charge in [-0.05, 0) is 31.2 Å². The molecule has 1 aromatic carbocycles. The lowest BCUT2D eigenvalue weighted by Gasteiger charge is -2.29. The first-order chi connectivity index (χ1) is 13.5. The molecule has 1 N–H and O–H groups in total. The Balaban J connectivity index is 1.77. The number of carbonyl (C=O) groups excluding carboxylic acids is 3. The number of hydrogen-bond donors (Lipinski definition) is 1. The summed E-state index contributed by atoms with van der Waals surface area (Å²) < 4.78 is 10.3. The van der Waals surface area contributed by atoms with Crippen LogP contribution in [0.15, 0.2) is 24.3 Å². The third-order valence-electron chi connectivity index (χ3n) is 4.52. The first-order valence-electron chi connectivity index (χ1n) is 9.62. The summed E-state index contributed by atoms with van der Waals surface area (Å²) in [6, 6.07) is 6.53. The van der Waals surface area contributed by atoms with E-state index in [1.165, 1.54) is 6.92 Å². The molecule has 154 valence electrons. The Hall–Kier alpha value is -2.45. The maximum absolute atomic E-state index is 12.2. The zero-order valence-electron chi connectivity index (χ0n) is 16.6. The fourth-order valence-corrected chi connectivity index (χ4v) is 2.88. The van der Waals surface area contributed by atoms with E-state index in [0.717, 1.165) is 32.8 Å². The molecule has 1 saturated heterocycles. The summed E-state index contributed by atoms with van der Waals surface area (Å²) in [7, 11) is 0. The summed E-state index contributed by atoms with van der Waals surface area (Å²) in [5.41, 5.74) is 1.03. The number of amides is 2. The van der Waals surface area contributed by atoms with Gasteiger partial charge in [-0.25, -0.2) is 4.79 Å². The zero-order valence-corrected chi connectivity index (χ0v) is 16.6. The molecule has 0 spiro atoms. The summed E-state index contributed by atoms with van der Waals surface area (Å²) >= 11 is 0. The molecule has 0 atom stereocenters. The van der Waals surface area contributed by atoms with E-state index < -0.39 is 5.97 Å². The van der Waals surface area contributed by atoms with Gasteiger partial charge in [0.05, 0.1) is 25.4 Å². The van der Waals surface area contributed by atoms with Crippen molar-refractivity contribution < 1.29 is 23.9 Å². The van der Waals surface area contributed by atoms with E-state index in [9.17, 15) is 14.4 Å². The SMILES string of the molecule is CCOC(=O)c1ccc(NC(=O)CCN(CCN2CCOCC2)C(C)=O)cc1. The van der Waals surface area contributed by atoms with Gasteiger partial charge in [-0.3, -0.25) is 14.5 Å². The van der Waals surface area contributed by atoms with Crippen molar-refractivity contribution in [3.8, 4) is 0 Å². The van der Waals surface area contributed by atoms with E-state index >= 15 is 0 Å². The van der Waals surface area contributed by atoms with Gasteiger partial charge in [0.15, 0.2) is 0 Å². The molecule has 1 heterocycles. The van der Waals surface area contributed by atoms with Crippen molar-refractivity contribution in [2.24, 2.45) is 0 Å². The number of nitrogens with zero attached hydrogens (tertiary/aromatic N) is 2. The number of esters is 1. The second-order valence-electron chi connectivity index (χ2n) is 6.56. The van der Waals surface area contributed by atoms with Gasteiger partial charge in [0.25, 0.3) is 0 Å². The number of ether oxygens (including phenoxy) is 2. The average Bonchev–Trinajstić information content (AvgIpc) is 2.69.